The van der Waals surface area contributed by atoms with Crippen molar-refractivity contribution in [3.8, 4) is 0 Å². The third kappa shape index (κ3) is 5.42. The molecule has 0 bridgehead atoms. The van der Waals surface area contributed by atoms with E-state index in [1.54, 1.807) is 10.9 Å². The largest absolute Gasteiger partial charge is 0.330 e. The van der Waals surface area contributed by atoms with Crippen LogP contribution in [0.1, 0.15) is 36.2 Å². The molecule has 1 aromatic rings. The lowest BCUT2D eigenvalue weighted by atomic mass is 10.1. The minimum Gasteiger partial charge on any atom is -0.330 e. The van der Waals surface area contributed by atoms with Crippen molar-refractivity contribution in [2.24, 2.45) is 5.73 Å². The van der Waals surface area contributed by atoms with E-state index in [0.717, 1.165) is 36.8 Å². The lowest BCUT2D eigenvalue weighted by Gasteiger charge is -2.11. The molecule has 19 heavy (non-hydrogen) atoms. The number of ketones is 1. The molecule has 0 aromatic carbocycles. The van der Waals surface area contributed by atoms with Crippen LogP contribution in [0.2, 0.25) is 0 Å². The van der Waals surface area contributed by atoms with Crippen molar-refractivity contribution >= 4 is 21.7 Å². The molecule has 5 nitrogen and oxygen atoms in total. The van der Waals surface area contributed by atoms with E-state index < -0.39 is 0 Å². The predicted molar refractivity (Wildman–Crippen MR) is 80.3 cm³/mol. The number of nitrogens with two attached hydrogens (primary N) is 1. The zero-order valence-electron chi connectivity index (χ0n) is 11.7. The van der Waals surface area contributed by atoms with Gasteiger partial charge in [-0.15, -0.1) is 0 Å². The van der Waals surface area contributed by atoms with E-state index in [9.17, 15) is 4.79 Å². The SMILES string of the molecule is CN(C)CCn1ncc(Br)c1C(=O)CCCCCN. The van der Waals surface area contributed by atoms with Gasteiger partial charge in [0.05, 0.1) is 17.2 Å². The summed E-state index contributed by atoms with van der Waals surface area (Å²) in [6.45, 7) is 2.28. The molecule has 0 fully saturated rings. The van der Waals surface area contributed by atoms with Gasteiger partial charge < -0.3 is 10.6 Å². The number of likely N-dealkylation sites (N-methyl/N-ethyl adjacent to an activating group) is 1. The maximum Gasteiger partial charge on any atom is 0.182 e. The molecule has 1 aromatic heterocycles. The Morgan fingerprint density at radius 3 is 2.79 bits per heavy atom. The van der Waals surface area contributed by atoms with E-state index in [1.165, 1.54) is 0 Å². The van der Waals surface area contributed by atoms with E-state index in [4.69, 9.17) is 5.73 Å². The van der Waals surface area contributed by atoms with Crippen molar-refractivity contribution in [2.45, 2.75) is 32.2 Å². The highest BCUT2D eigenvalue weighted by Crippen LogP contribution is 2.19. The zero-order valence-corrected chi connectivity index (χ0v) is 13.3. The Labute approximate surface area is 123 Å². The van der Waals surface area contributed by atoms with Crippen LogP contribution in [-0.2, 0) is 6.54 Å². The molecule has 0 saturated heterocycles. The Kier molecular flexibility index (Phi) is 7.27. The fourth-order valence-corrected chi connectivity index (χ4v) is 2.35. The Morgan fingerprint density at radius 2 is 2.16 bits per heavy atom. The van der Waals surface area contributed by atoms with Gasteiger partial charge in [0.2, 0.25) is 0 Å². The quantitative estimate of drug-likeness (QED) is 0.555. The summed E-state index contributed by atoms with van der Waals surface area (Å²) in [5.74, 6) is 0.153. The average molecular weight is 331 g/mol. The van der Waals surface area contributed by atoms with Gasteiger partial charge in [-0.05, 0) is 49.4 Å². The summed E-state index contributed by atoms with van der Waals surface area (Å²) in [7, 11) is 4.01. The lowest BCUT2D eigenvalue weighted by Crippen LogP contribution is -2.21. The van der Waals surface area contributed by atoms with Crippen molar-refractivity contribution in [3.63, 3.8) is 0 Å². The maximum atomic E-state index is 12.2. The number of hydrogen-bond donors (Lipinski definition) is 1. The van der Waals surface area contributed by atoms with Crippen LogP contribution in [0, 0.1) is 0 Å². The van der Waals surface area contributed by atoms with Crippen LogP contribution in [0.4, 0.5) is 0 Å². The van der Waals surface area contributed by atoms with Gasteiger partial charge in [0.25, 0.3) is 0 Å². The van der Waals surface area contributed by atoms with Crippen molar-refractivity contribution in [2.75, 3.05) is 27.2 Å². The second-order valence-corrected chi connectivity index (χ2v) is 5.74. The van der Waals surface area contributed by atoms with Gasteiger partial charge in [-0.1, -0.05) is 6.42 Å². The van der Waals surface area contributed by atoms with Gasteiger partial charge >= 0.3 is 0 Å². The highest BCUT2D eigenvalue weighted by atomic mass is 79.9. The first-order valence-electron chi connectivity index (χ1n) is 6.65. The third-order valence-electron chi connectivity index (χ3n) is 2.93. The predicted octanol–water partition coefficient (Wildman–Crippen LogP) is 1.91. The van der Waals surface area contributed by atoms with Crippen molar-refractivity contribution in [1.82, 2.24) is 14.7 Å². The normalized spacial score (nSPS) is 11.2. The monoisotopic (exact) mass is 330 g/mol. The summed E-state index contributed by atoms with van der Waals surface area (Å²) in [6, 6.07) is 0. The number of carbonyl (C=O) groups is 1. The smallest absolute Gasteiger partial charge is 0.182 e. The third-order valence-corrected chi connectivity index (χ3v) is 3.51. The number of halogens is 1. The number of rotatable bonds is 9. The fraction of sp³-hybridized carbons (Fsp3) is 0.692. The minimum absolute atomic E-state index is 0.153. The van der Waals surface area contributed by atoms with Crippen LogP contribution in [0.25, 0.3) is 0 Å². The van der Waals surface area contributed by atoms with Crippen LogP contribution >= 0.6 is 15.9 Å². The summed E-state index contributed by atoms with van der Waals surface area (Å²) in [5, 5.41) is 4.26. The molecule has 0 aliphatic rings. The van der Waals surface area contributed by atoms with E-state index in [-0.39, 0.29) is 5.78 Å². The molecule has 0 amide bonds. The molecule has 0 atom stereocenters. The summed E-state index contributed by atoms with van der Waals surface area (Å²) < 4.78 is 2.57. The summed E-state index contributed by atoms with van der Waals surface area (Å²) in [6.07, 6.45) is 5.14. The highest BCUT2D eigenvalue weighted by Gasteiger charge is 2.16. The molecular weight excluding hydrogens is 308 g/mol. The molecule has 0 unspecified atom stereocenters. The zero-order chi connectivity index (χ0) is 14.3. The Hall–Kier alpha value is -0.720. The maximum absolute atomic E-state index is 12.2. The molecule has 0 radical (unpaired) electrons. The second kappa shape index (κ2) is 8.45. The van der Waals surface area contributed by atoms with Gasteiger partial charge in [-0.3, -0.25) is 9.48 Å². The first-order valence-corrected chi connectivity index (χ1v) is 7.45. The van der Waals surface area contributed by atoms with Crippen LogP contribution in [0.3, 0.4) is 0 Å². The van der Waals surface area contributed by atoms with Crippen LogP contribution in [0.5, 0.6) is 0 Å². The van der Waals surface area contributed by atoms with E-state index in [0.29, 0.717) is 18.7 Å². The van der Waals surface area contributed by atoms with Gasteiger partial charge in [0.15, 0.2) is 5.78 Å². The van der Waals surface area contributed by atoms with Gasteiger partial charge in [0, 0.05) is 13.0 Å². The molecule has 1 rings (SSSR count). The Morgan fingerprint density at radius 1 is 1.42 bits per heavy atom. The molecule has 1 heterocycles. The number of carbonyl (C=O) groups excluding carboxylic acids is 1. The minimum atomic E-state index is 0.153. The number of nitrogens with zero attached hydrogens (tertiary/aromatic N) is 3. The Bertz CT molecular complexity index is 403. The van der Waals surface area contributed by atoms with Crippen LogP contribution in [0.15, 0.2) is 10.7 Å². The molecule has 0 aliphatic heterocycles. The molecule has 6 heteroatoms. The van der Waals surface area contributed by atoms with Gasteiger partial charge in [-0.2, -0.15) is 5.10 Å². The Balaban J connectivity index is 2.59. The van der Waals surface area contributed by atoms with Gasteiger partial charge in [-0.25, -0.2) is 0 Å². The average Bonchev–Trinajstić information content (AvgIpc) is 2.73. The van der Waals surface area contributed by atoms with Crippen LogP contribution < -0.4 is 5.73 Å². The molecule has 0 saturated carbocycles. The summed E-state index contributed by atoms with van der Waals surface area (Å²) in [5.41, 5.74) is 6.13. The van der Waals surface area contributed by atoms with Crippen molar-refractivity contribution < 1.29 is 4.79 Å². The van der Waals surface area contributed by atoms with Crippen LogP contribution in [-0.4, -0.2) is 47.6 Å². The second-order valence-electron chi connectivity index (χ2n) is 4.89. The summed E-state index contributed by atoms with van der Waals surface area (Å²) in [4.78, 5) is 14.3. The highest BCUT2D eigenvalue weighted by molar-refractivity contribution is 9.10. The van der Waals surface area contributed by atoms with Crippen molar-refractivity contribution in [3.05, 3.63) is 16.4 Å². The fourth-order valence-electron chi connectivity index (χ4n) is 1.83. The summed E-state index contributed by atoms with van der Waals surface area (Å²) >= 11 is 3.41. The molecule has 0 aliphatic carbocycles. The van der Waals surface area contributed by atoms with Crippen molar-refractivity contribution in [1.29, 1.82) is 0 Å². The van der Waals surface area contributed by atoms with E-state index >= 15 is 0 Å². The standard InChI is InChI=1S/C13H23BrN4O/c1-17(2)8-9-18-13(11(14)10-16-18)12(19)6-4-3-5-7-15/h10H,3-9,15H2,1-2H3. The van der Waals surface area contributed by atoms with Gasteiger partial charge in [0.1, 0.15) is 5.69 Å². The van der Waals surface area contributed by atoms with E-state index in [1.807, 2.05) is 14.1 Å². The number of Topliss-reactive ketones (excluding diaryl/α,β-unsaturated/α-hetero) is 1. The molecule has 2 N–H and O–H groups in total. The molecule has 0 spiro atoms. The number of unbranched alkanes of at least 4 members (excludes halogenated alkanes) is 2. The topological polar surface area (TPSA) is 64.2 Å². The molecular formula is C13H23BrN4O. The number of aromatic nitrogens is 2. The molecule has 108 valence electrons. The lowest BCUT2D eigenvalue weighted by molar-refractivity contribution is 0.0967. The van der Waals surface area contributed by atoms with E-state index in [2.05, 4.69) is 25.9 Å². The number of hydrogen-bond acceptors (Lipinski definition) is 4. The first kappa shape index (κ1) is 16.3. The first-order chi connectivity index (χ1) is 9.06.